The van der Waals surface area contributed by atoms with Crippen molar-refractivity contribution in [3.63, 3.8) is 0 Å². The van der Waals surface area contributed by atoms with Crippen LogP contribution in [-0.4, -0.2) is 51.1 Å². The number of ether oxygens (including phenoxy) is 2. The largest absolute Gasteiger partial charge is 0.493 e. The van der Waals surface area contributed by atoms with Crippen molar-refractivity contribution in [3.05, 3.63) is 53.6 Å². The molecule has 8 nitrogen and oxygen atoms in total. The van der Waals surface area contributed by atoms with E-state index in [0.29, 0.717) is 42.1 Å². The van der Waals surface area contributed by atoms with E-state index in [2.05, 4.69) is 15.5 Å². The second kappa shape index (κ2) is 11.9. The third-order valence-electron chi connectivity index (χ3n) is 5.44. The summed E-state index contributed by atoms with van der Waals surface area (Å²) >= 11 is 0. The molecule has 1 fully saturated rings. The van der Waals surface area contributed by atoms with Crippen molar-refractivity contribution < 1.29 is 23.9 Å². The van der Waals surface area contributed by atoms with Gasteiger partial charge in [-0.2, -0.15) is 0 Å². The molecule has 0 unspecified atom stereocenters. The lowest BCUT2D eigenvalue weighted by atomic mass is 10.1. The first kappa shape index (κ1) is 24.1. The van der Waals surface area contributed by atoms with Crippen LogP contribution < -0.4 is 20.3 Å². The molecule has 1 aliphatic heterocycles. The minimum absolute atomic E-state index is 0.179. The van der Waals surface area contributed by atoms with E-state index in [-0.39, 0.29) is 18.2 Å². The minimum Gasteiger partial charge on any atom is -0.493 e. The Labute approximate surface area is 194 Å². The molecule has 1 aliphatic rings. The maximum Gasteiger partial charge on any atom is 0.337 e. The predicted octanol–water partition coefficient (Wildman–Crippen LogP) is 3.62. The van der Waals surface area contributed by atoms with Gasteiger partial charge in [0.2, 0.25) is 5.91 Å². The Balaban J connectivity index is 1.56. The zero-order chi connectivity index (χ0) is 23.6. The fourth-order valence-corrected chi connectivity index (χ4v) is 3.81. The standard InChI is InChI=1S/C25H31N3O5/c1-3-33-22-10-5-4-9-19(22)24(30)26-14-8-11-23(29)27-20-17-18(25(31)32-2)12-13-21(20)28-15-6-7-16-28/h4-5,9-10,12-13,17H,3,6-8,11,14-16H2,1-2H3,(H,26,30)(H,27,29). The highest BCUT2D eigenvalue weighted by atomic mass is 16.5. The first-order chi connectivity index (χ1) is 16.0. The summed E-state index contributed by atoms with van der Waals surface area (Å²) in [5, 5.41) is 5.77. The highest BCUT2D eigenvalue weighted by molar-refractivity contribution is 5.98. The number of rotatable bonds is 10. The molecule has 33 heavy (non-hydrogen) atoms. The number of amides is 2. The van der Waals surface area contributed by atoms with Crippen molar-refractivity contribution in [3.8, 4) is 5.75 Å². The van der Waals surface area contributed by atoms with Crippen molar-refractivity contribution in [2.45, 2.75) is 32.6 Å². The smallest absolute Gasteiger partial charge is 0.337 e. The van der Waals surface area contributed by atoms with E-state index in [0.717, 1.165) is 31.6 Å². The molecule has 0 bridgehead atoms. The van der Waals surface area contributed by atoms with Gasteiger partial charge in [-0.05, 0) is 56.5 Å². The summed E-state index contributed by atoms with van der Waals surface area (Å²) in [6.45, 7) is 4.52. The summed E-state index contributed by atoms with van der Waals surface area (Å²) in [4.78, 5) is 39.2. The number of carbonyl (C=O) groups is 3. The molecule has 8 heteroatoms. The summed E-state index contributed by atoms with van der Waals surface area (Å²) in [5.41, 5.74) is 2.35. The monoisotopic (exact) mass is 453 g/mol. The lowest BCUT2D eigenvalue weighted by Crippen LogP contribution is -2.26. The van der Waals surface area contributed by atoms with Crippen molar-refractivity contribution in [2.24, 2.45) is 0 Å². The highest BCUT2D eigenvalue weighted by Crippen LogP contribution is 2.30. The van der Waals surface area contributed by atoms with Gasteiger partial charge in [0, 0.05) is 26.1 Å². The van der Waals surface area contributed by atoms with E-state index in [4.69, 9.17) is 9.47 Å². The number of hydrogen-bond acceptors (Lipinski definition) is 6. The molecular formula is C25H31N3O5. The first-order valence-corrected chi connectivity index (χ1v) is 11.3. The molecule has 176 valence electrons. The molecule has 2 amide bonds. The average molecular weight is 454 g/mol. The van der Waals surface area contributed by atoms with Gasteiger partial charge in [-0.3, -0.25) is 9.59 Å². The van der Waals surface area contributed by atoms with E-state index in [1.165, 1.54) is 7.11 Å². The van der Waals surface area contributed by atoms with Crippen LogP contribution in [0.1, 0.15) is 53.3 Å². The number of methoxy groups -OCH3 is 1. The molecule has 0 spiro atoms. The van der Waals surface area contributed by atoms with E-state index in [1.54, 1.807) is 30.3 Å². The molecule has 0 aromatic heterocycles. The Morgan fingerprint density at radius 2 is 1.82 bits per heavy atom. The number of hydrogen-bond donors (Lipinski definition) is 2. The Hall–Kier alpha value is -3.55. The highest BCUT2D eigenvalue weighted by Gasteiger charge is 2.19. The summed E-state index contributed by atoms with van der Waals surface area (Å²) < 4.78 is 10.3. The molecule has 0 atom stereocenters. The number of nitrogens with zero attached hydrogens (tertiary/aromatic N) is 1. The van der Waals surface area contributed by atoms with Crippen LogP contribution in [0.3, 0.4) is 0 Å². The van der Waals surface area contributed by atoms with Crippen LogP contribution in [0.15, 0.2) is 42.5 Å². The quantitative estimate of drug-likeness (QED) is 0.421. The van der Waals surface area contributed by atoms with E-state index < -0.39 is 5.97 Å². The molecule has 3 rings (SSSR count). The van der Waals surface area contributed by atoms with Gasteiger partial charge in [-0.15, -0.1) is 0 Å². The molecule has 2 aromatic carbocycles. The van der Waals surface area contributed by atoms with Gasteiger partial charge in [-0.1, -0.05) is 12.1 Å². The van der Waals surface area contributed by atoms with Gasteiger partial charge in [0.15, 0.2) is 0 Å². The zero-order valence-corrected chi connectivity index (χ0v) is 19.2. The summed E-state index contributed by atoms with van der Waals surface area (Å²) in [7, 11) is 1.33. The number of benzene rings is 2. The SMILES string of the molecule is CCOc1ccccc1C(=O)NCCCC(=O)Nc1cc(C(=O)OC)ccc1N1CCCC1. The molecule has 1 heterocycles. The summed E-state index contributed by atoms with van der Waals surface area (Å²) in [6, 6.07) is 12.3. The predicted molar refractivity (Wildman–Crippen MR) is 127 cm³/mol. The number of carbonyl (C=O) groups excluding carboxylic acids is 3. The average Bonchev–Trinajstić information content (AvgIpc) is 3.36. The topological polar surface area (TPSA) is 97.0 Å². The van der Waals surface area contributed by atoms with Gasteiger partial charge >= 0.3 is 5.97 Å². The Bertz CT molecular complexity index is 986. The number of para-hydroxylation sites is 1. The maximum atomic E-state index is 12.6. The van der Waals surface area contributed by atoms with Crippen molar-refractivity contribution in [1.82, 2.24) is 5.32 Å². The van der Waals surface area contributed by atoms with Crippen LogP contribution in [-0.2, 0) is 9.53 Å². The Kier molecular flexibility index (Phi) is 8.69. The molecule has 0 aliphatic carbocycles. The van der Waals surface area contributed by atoms with Gasteiger partial charge < -0.3 is 25.0 Å². The van der Waals surface area contributed by atoms with Crippen LogP contribution in [0, 0.1) is 0 Å². The second-order valence-corrected chi connectivity index (χ2v) is 7.75. The minimum atomic E-state index is -0.450. The maximum absolute atomic E-state index is 12.6. The van der Waals surface area contributed by atoms with Crippen molar-refractivity contribution >= 4 is 29.2 Å². The molecule has 2 aromatic rings. The third kappa shape index (κ3) is 6.47. The van der Waals surface area contributed by atoms with Crippen LogP contribution >= 0.6 is 0 Å². The molecule has 2 N–H and O–H groups in total. The third-order valence-corrected chi connectivity index (χ3v) is 5.44. The number of anilines is 2. The zero-order valence-electron chi connectivity index (χ0n) is 19.2. The van der Waals surface area contributed by atoms with E-state index >= 15 is 0 Å². The van der Waals surface area contributed by atoms with Crippen LogP contribution in [0.4, 0.5) is 11.4 Å². The first-order valence-electron chi connectivity index (χ1n) is 11.3. The van der Waals surface area contributed by atoms with Gasteiger partial charge in [0.1, 0.15) is 5.75 Å². The summed E-state index contributed by atoms with van der Waals surface area (Å²) in [5.74, 6) is -0.327. The number of nitrogens with one attached hydrogen (secondary N) is 2. The van der Waals surface area contributed by atoms with E-state index in [9.17, 15) is 14.4 Å². The van der Waals surface area contributed by atoms with Crippen LogP contribution in [0.25, 0.3) is 0 Å². The Morgan fingerprint density at radius 1 is 1.06 bits per heavy atom. The van der Waals surface area contributed by atoms with Gasteiger partial charge in [0.05, 0.1) is 36.2 Å². The van der Waals surface area contributed by atoms with Gasteiger partial charge in [0.25, 0.3) is 5.91 Å². The normalized spacial score (nSPS) is 12.8. The lowest BCUT2D eigenvalue weighted by molar-refractivity contribution is -0.116. The van der Waals surface area contributed by atoms with Crippen molar-refractivity contribution in [1.29, 1.82) is 0 Å². The number of esters is 1. The fraction of sp³-hybridized carbons (Fsp3) is 0.400. The van der Waals surface area contributed by atoms with E-state index in [1.807, 2.05) is 19.1 Å². The molecule has 0 saturated carbocycles. The van der Waals surface area contributed by atoms with Gasteiger partial charge in [-0.25, -0.2) is 4.79 Å². The molecule has 1 saturated heterocycles. The van der Waals surface area contributed by atoms with Crippen LogP contribution in [0.2, 0.25) is 0 Å². The molecule has 0 radical (unpaired) electrons. The Morgan fingerprint density at radius 3 is 2.55 bits per heavy atom. The second-order valence-electron chi connectivity index (χ2n) is 7.75. The summed E-state index contributed by atoms with van der Waals surface area (Å²) in [6.07, 6.45) is 2.90. The fourth-order valence-electron chi connectivity index (χ4n) is 3.81. The van der Waals surface area contributed by atoms with Crippen LogP contribution in [0.5, 0.6) is 5.75 Å². The molecular weight excluding hydrogens is 422 g/mol. The van der Waals surface area contributed by atoms with Crippen molar-refractivity contribution in [2.75, 3.05) is 43.6 Å². The lowest BCUT2D eigenvalue weighted by Gasteiger charge is -2.22.